The number of thioether (sulfide) groups is 1. The van der Waals surface area contributed by atoms with Gasteiger partial charge in [-0.15, -0.1) is 0 Å². The standard InChI is InChI=1S/C26H16Cl2N4O2S2/c27-18-12-10-16(11-13-18)23-17(15-31(29-23)19-6-2-1-3-7-19)14-22-25(34)32(26(35)36-22)30-24(33)20-8-4-5-9-21(20)28/h1-15H,(H,30,33)/b22-14-. The molecule has 0 spiro atoms. The Morgan fingerprint density at radius 2 is 1.67 bits per heavy atom. The molecular formula is C26H16Cl2N4O2S2. The number of halogens is 2. The van der Waals surface area contributed by atoms with Crippen LogP contribution in [0.5, 0.6) is 0 Å². The summed E-state index contributed by atoms with van der Waals surface area (Å²) in [5.41, 5.74) is 5.88. The van der Waals surface area contributed by atoms with Gasteiger partial charge in [-0.05, 0) is 54.7 Å². The molecule has 1 aliphatic rings. The zero-order valence-corrected chi connectivity index (χ0v) is 21.5. The van der Waals surface area contributed by atoms with Crippen LogP contribution in [0.25, 0.3) is 23.0 Å². The van der Waals surface area contributed by atoms with Gasteiger partial charge in [-0.25, -0.2) is 4.68 Å². The van der Waals surface area contributed by atoms with Crippen LogP contribution in [0.1, 0.15) is 15.9 Å². The first-order valence-corrected chi connectivity index (χ1v) is 12.6. The van der Waals surface area contributed by atoms with Gasteiger partial charge >= 0.3 is 0 Å². The van der Waals surface area contributed by atoms with Crippen molar-refractivity contribution < 1.29 is 9.59 Å². The molecule has 36 heavy (non-hydrogen) atoms. The van der Waals surface area contributed by atoms with E-state index >= 15 is 0 Å². The average Bonchev–Trinajstić information content (AvgIpc) is 3.42. The maximum atomic E-state index is 13.2. The number of hydrogen-bond acceptors (Lipinski definition) is 5. The van der Waals surface area contributed by atoms with Crippen molar-refractivity contribution in [2.75, 3.05) is 0 Å². The lowest BCUT2D eigenvalue weighted by Crippen LogP contribution is -2.44. The Morgan fingerprint density at radius 1 is 0.972 bits per heavy atom. The van der Waals surface area contributed by atoms with Crippen molar-refractivity contribution >= 4 is 69.4 Å². The first kappa shape index (κ1) is 24.3. The predicted molar refractivity (Wildman–Crippen MR) is 148 cm³/mol. The fourth-order valence-electron chi connectivity index (χ4n) is 3.55. The third kappa shape index (κ3) is 4.94. The summed E-state index contributed by atoms with van der Waals surface area (Å²) < 4.78 is 1.95. The van der Waals surface area contributed by atoms with E-state index in [9.17, 15) is 9.59 Å². The number of nitrogens with zero attached hydrogens (tertiary/aromatic N) is 3. The largest absolute Gasteiger partial charge is 0.285 e. The van der Waals surface area contributed by atoms with E-state index in [-0.39, 0.29) is 14.9 Å². The van der Waals surface area contributed by atoms with Crippen LogP contribution >= 0.6 is 47.2 Å². The molecule has 0 atom stereocenters. The molecule has 2 amide bonds. The van der Waals surface area contributed by atoms with Crippen molar-refractivity contribution in [1.29, 1.82) is 0 Å². The van der Waals surface area contributed by atoms with Gasteiger partial charge < -0.3 is 0 Å². The zero-order chi connectivity index (χ0) is 25.2. The smallest absolute Gasteiger partial charge is 0.267 e. The van der Waals surface area contributed by atoms with E-state index in [0.717, 1.165) is 28.0 Å². The van der Waals surface area contributed by atoms with Crippen LogP contribution < -0.4 is 5.43 Å². The van der Waals surface area contributed by atoms with Gasteiger partial charge in [0.05, 0.1) is 26.9 Å². The summed E-state index contributed by atoms with van der Waals surface area (Å²) in [4.78, 5) is 26.3. The van der Waals surface area contributed by atoms with E-state index in [0.29, 0.717) is 21.2 Å². The van der Waals surface area contributed by atoms with Gasteiger partial charge in [0.1, 0.15) is 0 Å². The van der Waals surface area contributed by atoms with Crippen LogP contribution in [0, 0.1) is 0 Å². The highest BCUT2D eigenvalue weighted by Crippen LogP contribution is 2.34. The first-order valence-electron chi connectivity index (χ1n) is 10.7. The maximum Gasteiger partial charge on any atom is 0.285 e. The highest BCUT2D eigenvalue weighted by Gasteiger charge is 2.34. The zero-order valence-electron chi connectivity index (χ0n) is 18.4. The lowest BCUT2D eigenvalue weighted by molar-refractivity contribution is -0.123. The minimum Gasteiger partial charge on any atom is -0.267 e. The Kier molecular flexibility index (Phi) is 6.93. The number of thiocarbonyl (C=S) groups is 1. The molecule has 6 nitrogen and oxygen atoms in total. The predicted octanol–water partition coefficient (Wildman–Crippen LogP) is 6.39. The number of rotatable bonds is 5. The van der Waals surface area contributed by atoms with Gasteiger partial charge in [-0.3, -0.25) is 15.0 Å². The van der Waals surface area contributed by atoms with Crippen LogP contribution in [0.4, 0.5) is 0 Å². The minimum atomic E-state index is -0.531. The van der Waals surface area contributed by atoms with E-state index in [1.54, 1.807) is 47.2 Å². The van der Waals surface area contributed by atoms with Gasteiger partial charge in [-0.2, -0.15) is 10.1 Å². The van der Waals surface area contributed by atoms with E-state index in [1.807, 2.05) is 48.7 Å². The molecule has 10 heteroatoms. The molecule has 0 radical (unpaired) electrons. The van der Waals surface area contributed by atoms with Gasteiger partial charge in [0, 0.05) is 22.3 Å². The molecule has 1 aliphatic heterocycles. The highest BCUT2D eigenvalue weighted by molar-refractivity contribution is 8.26. The second kappa shape index (κ2) is 10.3. The number of nitrogens with one attached hydrogen (secondary N) is 1. The summed E-state index contributed by atoms with van der Waals surface area (Å²) in [6.07, 6.45) is 3.56. The van der Waals surface area contributed by atoms with Gasteiger partial charge in [-0.1, -0.05) is 77.4 Å². The molecule has 1 N–H and O–H groups in total. The van der Waals surface area contributed by atoms with Crippen LogP contribution in [0.3, 0.4) is 0 Å². The van der Waals surface area contributed by atoms with Crippen molar-refractivity contribution in [1.82, 2.24) is 20.2 Å². The average molecular weight is 551 g/mol. The van der Waals surface area contributed by atoms with Gasteiger partial charge in [0.15, 0.2) is 4.32 Å². The Bertz CT molecular complexity index is 1520. The molecule has 1 aromatic heterocycles. The van der Waals surface area contributed by atoms with Crippen molar-refractivity contribution in [3.8, 4) is 16.9 Å². The number of hydrazine groups is 1. The second-order valence-electron chi connectivity index (χ2n) is 7.66. The molecule has 0 saturated carbocycles. The van der Waals surface area contributed by atoms with Crippen LogP contribution in [0.2, 0.25) is 10.0 Å². The third-order valence-corrected chi connectivity index (χ3v) is 7.18. The molecule has 1 fully saturated rings. The molecule has 0 unspecified atom stereocenters. The van der Waals surface area contributed by atoms with E-state index in [4.69, 9.17) is 40.5 Å². The number of carbonyl (C=O) groups is 2. The molecule has 178 valence electrons. The van der Waals surface area contributed by atoms with Crippen molar-refractivity contribution in [2.24, 2.45) is 0 Å². The number of para-hydroxylation sites is 1. The van der Waals surface area contributed by atoms with Gasteiger partial charge in [0.25, 0.3) is 11.8 Å². The summed E-state index contributed by atoms with van der Waals surface area (Å²) in [5.74, 6) is -0.975. The number of benzene rings is 3. The summed E-state index contributed by atoms with van der Waals surface area (Å²) in [6.45, 7) is 0. The number of amides is 2. The SMILES string of the molecule is O=C(NN1C(=O)/C(=C/c2cn(-c3ccccc3)nc2-c2ccc(Cl)cc2)SC1=S)c1ccccc1Cl. The summed E-state index contributed by atoms with van der Waals surface area (Å²) in [7, 11) is 0. The molecule has 2 heterocycles. The Hall–Kier alpha value is -3.43. The van der Waals surface area contributed by atoms with Crippen LogP contribution in [-0.4, -0.2) is 30.9 Å². The van der Waals surface area contributed by atoms with Crippen LogP contribution in [-0.2, 0) is 4.79 Å². The summed E-state index contributed by atoms with van der Waals surface area (Å²) >= 11 is 18.7. The lowest BCUT2D eigenvalue weighted by Gasteiger charge is -2.16. The molecule has 3 aromatic carbocycles. The van der Waals surface area contributed by atoms with Crippen molar-refractivity contribution in [3.63, 3.8) is 0 Å². The summed E-state index contributed by atoms with van der Waals surface area (Å²) in [5, 5.41) is 6.70. The molecule has 0 bridgehead atoms. The van der Waals surface area contributed by atoms with Crippen molar-refractivity contribution in [3.05, 3.63) is 111 Å². The highest BCUT2D eigenvalue weighted by atomic mass is 35.5. The number of hydrogen-bond donors (Lipinski definition) is 1. The monoisotopic (exact) mass is 550 g/mol. The first-order chi connectivity index (χ1) is 17.4. The maximum absolute atomic E-state index is 13.2. The topological polar surface area (TPSA) is 67.2 Å². The fourth-order valence-corrected chi connectivity index (χ4v) is 5.07. The number of carbonyl (C=O) groups excluding carboxylic acids is 2. The normalized spacial score (nSPS) is 14.5. The number of aromatic nitrogens is 2. The van der Waals surface area contributed by atoms with Crippen LogP contribution in [0.15, 0.2) is 90.0 Å². The molecule has 0 aliphatic carbocycles. The molecule has 1 saturated heterocycles. The molecular weight excluding hydrogens is 535 g/mol. The summed E-state index contributed by atoms with van der Waals surface area (Å²) in [6, 6.07) is 23.5. The van der Waals surface area contributed by atoms with E-state index in [2.05, 4.69) is 5.43 Å². The van der Waals surface area contributed by atoms with Gasteiger partial charge in [0.2, 0.25) is 0 Å². The van der Waals surface area contributed by atoms with E-state index in [1.165, 1.54) is 0 Å². The van der Waals surface area contributed by atoms with E-state index < -0.39 is 11.8 Å². The Morgan fingerprint density at radius 3 is 2.39 bits per heavy atom. The Balaban J connectivity index is 1.48. The lowest BCUT2D eigenvalue weighted by atomic mass is 10.1. The molecule has 4 aromatic rings. The Labute approximate surface area is 226 Å². The second-order valence-corrected chi connectivity index (χ2v) is 10.2. The minimum absolute atomic E-state index is 0.204. The van der Waals surface area contributed by atoms with Crippen molar-refractivity contribution in [2.45, 2.75) is 0 Å². The quantitative estimate of drug-likeness (QED) is 0.230. The molecule has 5 rings (SSSR count). The fraction of sp³-hybridized carbons (Fsp3) is 0. The third-order valence-electron chi connectivity index (χ3n) is 5.29.